The van der Waals surface area contributed by atoms with Crippen LogP contribution in [-0.4, -0.2) is 104 Å². The third-order valence-electron chi connectivity index (χ3n) is 3.92. The maximum Gasteiger partial charge on any atom is 0.186 e. The van der Waals surface area contributed by atoms with Crippen molar-refractivity contribution in [3.63, 3.8) is 0 Å². The first-order valence-corrected chi connectivity index (χ1v) is 6.93. The van der Waals surface area contributed by atoms with Crippen LogP contribution in [0, 0.1) is 0 Å². The maximum absolute atomic E-state index is 9.76. The van der Waals surface area contributed by atoms with Crippen LogP contribution in [0.3, 0.4) is 0 Å². The Bertz CT molecular complexity index is 334. The highest BCUT2D eigenvalue weighted by atomic mass is 16.7. The van der Waals surface area contributed by atoms with Gasteiger partial charge in [0.1, 0.15) is 42.7 Å². The topological polar surface area (TPSA) is 169 Å². The molecule has 10 nitrogen and oxygen atoms in total. The van der Waals surface area contributed by atoms with Gasteiger partial charge in [0.25, 0.3) is 0 Å². The highest BCUT2D eigenvalue weighted by Crippen LogP contribution is 2.24. The first kappa shape index (κ1) is 17.9. The monoisotopic (exact) mass is 326 g/mol. The molecule has 2 heterocycles. The fraction of sp³-hybridized carbons (Fsp3) is 1.00. The van der Waals surface area contributed by atoms with Crippen LogP contribution in [0.15, 0.2) is 0 Å². The van der Waals surface area contributed by atoms with Crippen molar-refractivity contribution in [3.8, 4) is 0 Å². The lowest BCUT2D eigenvalue weighted by atomic mass is 9.99. The number of rotatable bonds is 3. The Hall–Kier alpha value is -0.400. The summed E-state index contributed by atoms with van der Waals surface area (Å²) in [5, 5.41) is 67.0. The quantitative estimate of drug-likeness (QED) is 0.269. The second-order valence-corrected chi connectivity index (χ2v) is 5.55. The lowest BCUT2D eigenvalue weighted by molar-refractivity contribution is -0.322. The van der Waals surface area contributed by atoms with Crippen molar-refractivity contribution >= 4 is 0 Å². The Morgan fingerprint density at radius 2 is 1.32 bits per heavy atom. The fourth-order valence-electron chi connectivity index (χ4n) is 2.41. The summed E-state index contributed by atoms with van der Waals surface area (Å²) < 4.78 is 15.3. The summed E-state index contributed by atoms with van der Waals surface area (Å²) in [5.41, 5.74) is 0. The van der Waals surface area contributed by atoms with Crippen molar-refractivity contribution in [2.45, 2.75) is 68.3 Å². The van der Waals surface area contributed by atoms with Crippen LogP contribution in [0.5, 0.6) is 0 Å². The molecule has 7 N–H and O–H groups in total. The zero-order valence-corrected chi connectivity index (χ0v) is 11.8. The Labute approximate surface area is 126 Å². The van der Waals surface area contributed by atoms with Gasteiger partial charge in [0.05, 0.1) is 12.7 Å². The van der Waals surface area contributed by atoms with Gasteiger partial charge >= 0.3 is 0 Å². The molecule has 0 radical (unpaired) electrons. The van der Waals surface area contributed by atoms with Crippen LogP contribution in [0.2, 0.25) is 0 Å². The minimum atomic E-state index is -1.70. The molecule has 2 saturated heterocycles. The largest absolute Gasteiger partial charge is 0.388 e. The summed E-state index contributed by atoms with van der Waals surface area (Å²) >= 11 is 0. The Balaban J connectivity index is 1.92. The number of hydrogen-bond donors (Lipinski definition) is 7. The highest BCUT2D eigenvalue weighted by molar-refractivity contribution is 4.90. The molecule has 2 aliphatic rings. The molecule has 0 aliphatic carbocycles. The van der Waals surface area contributed by atoms with E-state index in [1.165, 1.54) is 6.92 Å². The van der Waals surface area contributed by atoms with Crippen LogP contribution in [0.4, 0.5) is 0 Å². The van der Waals surface area contributed by atoms with E-state index in [-0.39, 0.29) is 6.61 Å². The minimum Gasteiger partial charge on any atom is -0.388 e. The van der Waals surface area contributed by atoms with Gasteiger partial charge in [0, 0.05) is 0 Å². The molecule has 0 amide bonds. The van der Waals surface area contributed by atoms with Crippen LogP contribution >= 0.6 is 0 Å². The van der Waals surface area contributed by atoms with Gasteiger partial charge in [-0.05, 0) is 6.92 Å². The lowest BCUT2D eigenvalue weighted by Gasteiger charge is -2.41. The van der Waals surface area contributed by atoms with Gasteiger partial charge in [-0.3, -0.25) is 0 Å². The molecule has 0 aromatic carbocycles. The van der Waals surface area contributed by atoms with Crippen molar-refractivity contribution in [3.05, 3.63) is 0 Å². The number of ether oxygens (including phenoxy) is 3. The molecule has 0 bridgehead atoms. The smallest absolute Gasteiger partial charge is 0.186 e. The van der Waals surface area contributed by atoms with Crippen molar-refractivity contribution < 1.29 is 50.0 Å². The average molecular weight is 326 g/mol. The Kier molecular flexibility index (Phi) is 5.72. The molecule has 2 aliphatic heterocycles. The van der Waals surface area contributed by atoms with E-state index in [0.717, 1.165) is 0 Å². The van der Waals surface area contributed by atoms with Gasteiger partial charge in [0.2, 0.25) is 0 Å². The third kappa shape index (κ3) is 3.41. The van der Waals surface area contributed by atoms with Crippen molar-refractivity contribution in [2.75, 3.05) is 6.61 Å². The first-order chi connectivity index (χ1) is 10.2. The maximum atomic E-state index is 9.76. The molecule has 10 heteroatoms. The second kappa shape index (κ2) is 7.01. The van der Waals surface area contributed by atoms with Crippen molar-refractivity contribution in [1.29, 1.82) is 0 Å². The zero-order chi connectivity index (χ0) is 16.6. The number of aliphatic hydroxyl groups is 7. The second-order valence-electron chi connectivity index (χ2n) is 5.55. The summed E-state index contributed by atoms with van der Waals surface area (Å²) in [5.74, 6) is 0. The van der Waals surface area contributed by atoms with Gasteiger partial charge < -0.3 is 50.0 Å². The molecular formula is C12H22O10. The zero-order valence-electron chi connectivity index (χ0n) is 11.8. The van der Waals surface area contributed by atoms with Crippen LogP contribution in [0.25, 0.3) is 0 Å². The van der Waals surface area contributed by atoms with E-state index < -0.39 is 61.4 Å². The van der Waals surface area contributed by atoms with E-state index in [9.17, 15) is 35.7 Å². The van der Waals surface area contributed by atoms with Gasteiger partial charge in [-0.1, -0.05) is 0 Å². The van der Waals surface area contributed by atoms with E-state index in [2.05, 4.69) is 0 Å². The van der Waals surface area contributed by atoms with Gasteiger partial charge in [-0.2, -0.15) is 0 Å². The molecule has 0 aromatic rings. The summed E-state index contributed by atoms with van der Waals surface area (Å²) in [6.07, 6.45) is -14.0. The van der Waals surface area contributed by atoms with E-state index >= 15 is 0 Å². The Morgan fingerprint density at radius 3 is 1.95 bits per heavy atom. The molecule has 0 aromatic heterocycles. The van der Waals surface area contributed by atoms with Gasteiger partial charge in [0.15, 0.2) is 12.6 Å². The molecule has 0 saturated carbocycles. The molecule has 0 unspecified atom stereocenters. The van der Waals surface area contributed by atoms with Crippen LogP contribution in [0.1, 0.15) is 6.92 Å². The molecule has 2 rings (SSSR count). The van der Waals surface area contributed by atoms with E-state index in [1.54, 1.807) is 0 Å². The third-order valence-corrected chi connectivity index (χ3v) is 3.92. The molecule has 2 fully saturated rings. The summed E-state index contributed by atoms with van der Waals surface area (Å²) in [6, 6.07) is 0. The fourth-order valence-corrected chi connectivity index (χ4v) is 2.41. The molecule has 22 heavy (non-hydrogen) atoms. The highest BCUT2D eigenvalue weighted by Gasteiger charge is 2.45. The predicted octanol–water partition coefficient (Wildman–Crippen LogP) is -4.37. The SMILES string of the molecule is C[C@H]1O[C@H](OC[C@@H]2O[C@H](O)[C@@H](O)[C@H](O)[C@H]2O)[C@@H](O)[C@@H](O)[C@@H]1O. The summed E-state index contributed by atoms with van der Waals surface area (Å²) in [6.45, 7) is 1.09. The Morgan fingerprint density at radius 1 is 0.727 bits per heavy atom. The number of hydrogen-bond acceptors (Lipinski definition) is 10. The van der Waals surface area contributed by atoms with Crippen molar-refractivity contribution in [1.82, 2.24) is 0 Å². The van der Waals surface area contributed by atoms with Gasteiger partial charge in [-0.25, -0.2) is 0 Å². The molecule has 130 valence electrons. The standard InChI is InChI=1S/C12H22O10/c1-3-5(13)7(15)10(18)12(21-3)20-2-4-6(14)8(16)9(17)11(19)22-4/h3-19H,2H2,1H3/t3-,4+,5-,6+,7+,8-,9+,10+,11+,12+/m1/s1. The average Bonchev–Trinajstić information content (AvgIpc) is 2.49. The lowest BCUT2D eigenvalue weighted by Crippen LogP contribution is -2.60. The van der Waals surface area contributed by atoms with Crippen LogP contribution < -0.4 is 0 Å². The predicted molar refractivity (Wildman–Crippen MR) is 67.2 cm³/mol. The molecule has 0 spiro atoms. The molecule has 10 atom stereocenters. The van der Waals surface area contributed by atoms with E-state index in [4.69, 9.17) is 14.2 Å². The molecular weight excluding hydrogens is 304 g/mol. The van der Waals surface area contributed by atoms with E-state index in [1.807, 2.05) is 0 Å². The van der Waals surface area contributed by atoms with Gasteiger partial charge in [-0.15, -0.1) is 0 Å². The summed E-state index contributed by atoms with van der Waals surface area (Å²) in [7, 11) is 0. The first-order valence-electron chi connectivity index (χ1n) is 6.93. The number of aliphatic hydroxyl groups excluding tert-OH is 7. The van der Waals surface area contributed by atoms with Crippen LogP contribution in [-0.2, 0) is 14.2 Å². The van der Waals surface area contributed by atoms with Crippen molar-refractivity contribution in [2.24, 2.45) is 0 Å². The summed E-state index contributed by atoms with van der Waals surface area (Å²) in [4.78, 5) is 0. The van der Waals surface area contributed by atoms with E-state index in [0.29, 0.717) is 0 Å². The minimum absolute atomic E-state index is 0.390. The normalized spacial score (nSPS) is 53.5.